The first-order chi connectivity index (χ1) is 12.7. The summed E-state index contributed by atoms with van der Waals surface area (Å²) in [6, 6.07) is 0. The van der Waals surface area contributed by atoms with Crippen LogP contribution in [0.15, 0.2) is 18.7 Å². The molecule has 0 aliphatic carbocycles. The molecule has 8 heteroatoms. The normalized spacial score (nSPS) is 11.3. The number of nitrogens with zero attached hydrogens (tertiary/aromatic N) is 3. The van der Waals surface area contributed by atoms with Crippen molar-refractivity contribution in [1.82, 2.24) is 8.28 Å². The number of carbonyl (C=O) groups is 1. The summed E-state index contributed by atoms with van der Waals surface area (Å²) in [7, 11) is -0.292. The number of aromatic nitrogens is 2. The summed E-state index contributed by atoms with van der Waals surface area (Å²) in [5, 5.41) is 8.89. The van der Waals surface area contributed by atoms with Crippen LogP contribution in [0.3, 0.4) is 0 Å². The third-order valence-corrected chi connectivity index (χ3v) is 5.84. The van der Waals surface area contributed by atoms with E-state index in [0.717, 1.165) is 19.9 Å². The topological polar surface area (TPSA) is 86.3 Å². The van der Waals surface area contributed by atoms with Crippen molar-refractivity contribution in [2.24, 2.45) is 0 Å². The lowest BCUT2D eigenvalue weighted by Gasteiger charge is -2.05. The van der Waals surface area contributed by atoms with Crippen molar-refractivity contribution in [3.63, 3.8) is 0 Å². The van der Waals surface area contributed by atoms with Crippen LogP contribution >= 0.6 is 0 Å². The van der Waals surface area contributed by atoms with Gasteiger partial charge in [0.2, 0.25) is 0 Å². The van der Waals surface area contributed by atoms with Gasteiger partial charge in [-0.1, -0.05) is 58.3 Å². The molecule has 0 fully saturated rings. The number of carboxylic acid groups (broad SMARTS) is 1. The molecule has 0 amide bonds. The van der Waals surface area contributed by atoms with Crippen molar-refractivity contribution in [3.8, 4) is 0 Å². The van der Waals surface area contributed by atoms with E-state index in [2.05, 4.69) is 6.92 Å². The van der Waals surface area contributed by atoms with E-state index in [-0.39, 0.29) is 0 Å². The molecule has 1 rings (SSSR count). The molecule has 0 N–H and O–H groups in total. The lowest BCUT2D eigenvalue weighted by molar-refractivity contribution is -0.696. The molecule has 0 atom stereocenters. The number of aliphatic carboxylic acids is 1. The second-order valence-electron chi connectivity index (χ2n) is 6.95. The highest BCUT2D eigenvalue weighted by atomic mass is 32.2. The molecule has 0 spiro atoms. The summed E-state index contributed by atoms with van der Waals surface area (Å²) in [6.45, 7) is 4.11. The van der Waals surface area contributed by atoms with Gasteiger partial charge in [0.15, 0.2) is 0 Å². The highest BCUT2D eigenvalue weighted by Crippen LogP contribution is 2.10. The third-order valence-electron chi connectivity index (χ3n) is 4.16. The molecule has 0 aromatic carbocycles. The molecule has 0 radical (unpaired) electrons. The predicted molar refractivity (Wildman–Crippen MR) is 105 cm³/mol. The zero-order valence-electron chi connectivity index (χ0n) is 17.4. The minimum absolute atomic E-state index is 0.881. The first-order valence-electron chi connectivity index (χ1n) is 9.89. The van der Waals surface area contributed by atoms with E-state index in [4.69, 9.17) is 9.90 Å². The smallest absolute Gasteiger partial charge is 0.379 e. The Bertz CT molecular complexity index is 608. The van der Waals surface area contributed by atoms with Gasteiger partial charge in [-0.25, -0.2) is 4.57 Å². The molecule has 158 valence electrons. The second kappa shape index (κ2) is 14.6. The van der Waals surface area contributed by atoms with Crippen molar-refractivity contribution in [2.75, 3.05) is 14.1 Å². The Morgan fingerprint density at radius 2 is 1.44 bits per heavy atom. The van der Waals surface area contributed by atoms with Gasteiger partial charge in [0.1, 0.15) is 12.4 Å². The van der Waals surface area contributed by atoms with E-state index in [1.807, 2.05) is 10.8 Å². The molecule has 27 heavy (non-hydrogen) atoms. The first kappa shape index (κ1) is 25.6. The Hall–Kier alpha value is -1.41. The lowest BCUT2D eigenvalue weighted by atomic mass is 10.1. The Labute approximate surface area is 165 Å². The van der Waals surface area contributed by atoms with Crippen molar-refractivity contribution in [3.05, 3.63) is 18.7 Å². The van der Waals surface area contributed by atoms with E-state index < -0.39 is 16.2 Å². The van der Waals surface area contributed by atoms with Crippen molar-refractivity contribution in [2.45, 2.75) is 84.6 Å². The van der Waals surface area contributed by atoms with Gasteiger partial charge in [0.05, 0.1) is 6.54 Å². The van der Waals surface area contributed by atoms with Crippen LogP contribution in [0.5, 0.6) is 0 Å². The zero-order chi connectivity index (χ0) is 20.7. The molecule has 0 unspecified atom stereocenters. The van der Waals surface area contributed by atoms with E-state index in [1.165, 1.54) is 66.1 Å². The number of aryl methyl sites for hydroxylation is 1. The summed E-state index contributed by atoms with van der Waals surface area (Å²) in [4.78, 5) is 8.89. The average molecular weight is 404 g/mol. The number of hydrogen-bond donors (Lipinski definition) is 0. The molecule has 1 heterocycles. The van der Waals surface area contributed by atoms with Crippen LogP contribution < -0.4 is 9.67 Å². The van der Waals surface area contributed by atoms with Crippen LogP contribution in [0.25, 0.3) is 0 Å². The number of carbonyl (C=O) groups excluding carboxylic acids is 1. The second-order valence-corrected chi connectivity index (χ2v) is 8.99. The standard InChI is InChI=1S/C17H34N3O2S.C2H4O2/c1-4-5-6-7-8-9-10-11-12-13-14-19-15-16-20(17-19)23(21,22)18(2)3;1-2(3)4/h15-17H,4-14H2,1-3H3;1H3,(H,3,4)/q+1;/p-1. The van der Waals surface area contributed by atoms with E-state index in [9.17, 15) is 8.42 Å². The maximum absolute atomic E-state index is 12.0. The fraction of sp³-hybridized carbons (Fsp3) is 0.789. The van der Waals surface area contributed by atoms with E-state index >= 15 is 0 Å². The molecule has 0 aliphatic heterocycles. The summed E-state index contributed by atoms with van der Waals surface area (Å²) in [5.74, 6) is -1.08. The molecule has 0 saturated heterocycles. The fourth-order valence-electron chi connectivity index (χ4n) is 2.61. The van der Waals surface area contributed by atoms with E-state index in [1.54, 1.807) is 26.6 Å². The summed E-state index contributed by atoms with van der Waals surface area (Å²) < 4.78 is 28.4. The van der Waals surface area contributed by atoms with Crippen LogP contribution in [-0.2, 0) is 21.5 Å². The minimum atomic E-state index is -3.38. The Kier molecular flexibility index (Phi) is 13.9. The Balaban J connectivity index is 0.00000153. The summed E-state index contributed by atoms with van der Waals surface area (Å²) in [6.07, 6.45) is 18.2. The van der Waals surface area contributed by atoms with Crippen molar-refractivity contribution in [1.29, 1.82) is 0 Å². The van der Waals surface area contributed by atoms with Crippen LogP contribution in [0.4, 0.5) is 0 Å². The molecule has 0 aliphatic rings. The van der Waals surface area contributed by atoms with Gasteiger partial charge in [-0.3, -0.25) is 0 Å². The fourth-order valence-corrected chi connectivity index (χ4v) is 3.44. The molecular weight excluding hydrogens is 366 g/mol. The van der Waals surface area contributed by atoms with E-state index in [0.29, 0.717) is 0 Å². The quantitative estimate of drug-likeness (QED) is 0.373. The molecule has 1 aromatic heterocycles. The maximum Gasteiger partial charge on any atom is 0.379 e. The molecule has 1 aromatic rings. The molecular formula is C19H37N3O4S. The molecule has 0 saturated carbocycles. The molecule has 0 bridgehead atoms. The monoisotopic (exact) mass is 403 g/mol. The van der Waals surface area contributed by atoms with Crippen molar-refractivity contribution >= 4 is 16.2 Å². The van der Waals surface area contributed by atoms with Gasteiger partial charge >= 0.3 is 10.2 Å². The number of imidazole rings is 1. The number of hydrogen-bond acceptors (Lipinski definition) is 4. The molecule has 7 nitrogen and oxygen atoms in total. The SMILES string of the molecule is CC(=O)[O-].CCCCCCCCCCCC[n+]1ccn(S(=O)(=O)N(C)C)c1. The van der Waals surface area contributed by atoms with Crippen LogP contribution in [0, 0.1) is 0 Å². The van der Waals surface area contributed by atoms with Gasteiger partial charge in [-0.05, 0) is 19.8 Å². The largest absolute Gasteiger partial charge is 0.550 e. The predicted octanol–water partition coefficient (Wildman–Crippen LogP) is 2.11. The maximum atomic E-state index is 12.0. The van der Waals surface area contributed by atoms with Gasteiger partial charge in [-0.2, -0.15) is 12.7 Å². The zero-order valence-corrected chi connectivity index (χ0v) is 18.2. The van der Waals surface area contributed by atoms with Crippen LogP contribution in [0.2, 0.25) is 0 Å². The van der Waals surface area contributed by atoms with Gasteiger partial charge in [0.25, 0.3) is 6.33 Å². The lowest BCUT2D eigenvalue weighted by Crippen LogP contribution is -2.33. The number of carboxylic acids is 1. The number of rotatable bonds is 13. The Morgan fingerprint density at radius 3 is 1.89 bits per heavy atom. The van der Waals surface area contributed by atoms with Crippen LogP contribution in [-0.4, -0.2) is 36.8 Å². The number of unbranched alkanes of at least 4 members (excludes halogenated alkanes) is 9. The Morgan fingerprint density at radius 1 is 1.00 bits per heavy atom. The highest BCUT2D eigenvalue weighted by Gasteiger charge is 2.22. The van der Waals surface area contributed by atoms with Gasteiger partial charge < -0.3 is 9.90 Å². The average Bonchev–Trinajstić information content (AvgIpc) is 3.05. The van der Waals surface area contributed by atoms with Crippen LogP contribution in [0.1, 0.15) is 78.1 Å². The first-order valence-corrected chi connectivity index (χ1v) is 11.3. The minimum Gasteiger partial charge on any atom is -0.550 e. The third kappa shape index (κ3) is 12.6. The van der Waals surface area contributed by atoms with Gasteiger partial charge in [-0.15, -0.1) is 3.97 Å². The summed E-state index contributed by atoms with van der Waals surface area (Å²) >= 11 is 0. The van der Waals surface area contributed by atoms with Gasteiger partial charge in [0, 0.05) is 20.1 Å². The van der Waals surface area contributed by atoms with Crippen molar-refractivity contribution < 1.29 is 22.9 Å². The summed E-state index contributed by atoms with van der Waals surface area (Å²) in [5.41, 5.74) is 0. The highest BCUT2D eigenvalue weighted by molar-refractivity contribution is 7.87.